The molecule has 162 valence electrons. The number of carbonyl (C=O) groups is 2. The normalized spacial score (nSPS) is 12.0. The topological polar surface area (TPSA) is 79.8 Å². The highest BCUT2D eigenvalue weighted by Crippen LogP contribution is 2.37. The molecule has 2 aromatic carbocycles. The lowest BCUT2D eigenvalue weighted by molar-refractivity contribution is -0.167. The number of alkyl halides is 3. The summed E-state index contributed by atoms with van der Waals surface area (Å²) in [7, 11) is 1.53. The second-order valence-corrected chi connectivity index (χ2v) is 7.71. The minimum Gasteiger partial charge on any atom is -0.497 e. The molecule has 0 atom stereocenters. The number of halogens is 4. The molecule has 3 rings (SSSR count). The van der Waals surface area contributed by atoms with Crippen molar-refractivity contribution < 1.29 is 27.5 Å². The summed E-state index contributed by atoms with van der Waals surface area (Å²) in [4.78, 5) is 23.9. The van der Waals surface area contributed by atoms with Crippen LogP contribution >= 0.6 is 22.9 Å². The van der Waals surface area contributed by atoms with Crippen LogP contribution in [0.5, 0.6) is 5.75 Å². The average Bonchev–Trinajstić information content (AvgIpc) is 3.07. The minimum atomic E-state index is -5.00. The number of amides is 2. The van der Waals surface area contributed by atoms with E-state index in [9.17, 15) is 22.8 Å². The van der Waals surface area contributed by atoms with E-state index in [1.807, 2.05) is 0 Å². The molecule has 0 radical (unpaired) electrons. The molecule has 1 aromatic heterocycles. The number of nitrogens with one attached hydrogen (secondary N) is 2. The van der Waals surface area contributed by atoms with E-state index in [0.717, 1.165) is 4.70 Å². The van der Waals surface area contributed by atoms with Gasteiger partial charge >= 0.3 is 12.1 Å². The van der Waals surface area contributed by atoms with Crippen molar-refractivity contribution in [3.63, 3.8) is 0 Å². The number of benzene rings is 2. The molecular weight excluding hydrogens is 455 g/mol. The molecule has 3 aromatic rings. The van der Waals surface area contributed by atoms with Gasteiger partial charge in [0.2, 0.25) is 0 Å². The number of thiophene rings is 1. The van der Waals surface area contributed by atoms with Crippen LogP contribution in [0.15, 0.2) is 47.6 Å². The maximum absolute atomic E-state index is 12.5. The Kier molecular flexibility index (Phi) is 6.51. The number of hydrogen-bond donors (Lipinski definition) is 2. The molecule has 0 unspecified atom stereocenters. The van der Waals surface area contributed by atoms with Gasteiger partial charge in [0.05, 0.1) is 17.8 Å². The summed E-state index contributed by atoms with van der Waals surface area (Å²) in [6, 6.07) is 10.9. The Balaban J connectivity index is 1.77. The summed E-state index contributed by atoms with van der Waals surface area (Å²) >= 11 is 7.49. The molecule has 0 bridgehead atoms. The molecule has 31 heavy (non-hydrogen) atoms. The lowest BCUT2D eigenvalue weighted by Crippen LogP contribution is -2.29. The predicted octanol–water partition coefficient (Wildman–Crippen LogP) is 5.22. The SMILES string of the molecule is COc1ccc2c(Cl)c(C(=O)N/N=C(\C)c3cccc(NC(=O)C(F)(F)F)c3)sc2c1. The molecular formula is C20H15ClF3N3O3S. The van der Waals surface area contributed by atoms with Crippen molar-refractivity contribution >= 4 is 56.2 Å². The van der Waals surface area contributed by atoms with Gasteiger partial charge in [0.15, 0.2) is 0 Å². The Bertz CT molecular complexity index is 1190. The number of anilines is 1. The first kappa shape index (κ1) is 22.6. The Morgan fingerprint density at radius 3 is 2.58 bits per heavy atom. The molecule has 0 aliphatic carbocycles. The molecule has 0 aliphatic rings. The third-order valence-corrected chi connectivity index (χ3v) is 5.82. The fraction of sp³-hybridized carbons (Fsp3) is 0.150. The number of carbonyl (C=O) groups excluding carboxylic acids is 2. The molecule has 11 heteroatoms. The third-order valence-electron chi connectivity index (χ3n) is 4.16. The highest BCUT2D eigenvalue weighted by atomic mass is 35.5. The monoisotopic (exact) mass is 469 g/mol. The van der Waals surface area contributed by atoms with Crippen LogP contribution in [-0.2, 0) is 4.79 Å². The van der Waals surface area contributed by atoms with E-state index in [2.05, 4.69) is 10.5 Å². The molecule has 2 N–H and O–H groups in total. The summed E-state index contributed by atoms with van der Waals surface area (Å²) in [5.74, 6) is -1.99. The number of hydrogen-bond acceptors (Lipinski definition) is 5. The van der Waals surface area contributed by atoms with Gasteiger partial charge in [-0.25, -0.2) is 5.43 Å². The average molecular weight is 470 g/mol. The fourth-order valence-corrected chi connectivity index (χ4v) is 4.03. The van der Waals surface area contributed by atoms with Crippen LogP contribution in [0, 0.1) is 0 Å². The number of fused-ring (bicyclic) bond motifs is 1. The van der Waals surface area contributed by atoms with Crippen molar-refractivity contribution in [2.24, 2.45) is 5.10 Å². The van der Waals surface area contributed by atoms with E-state index in [1.54, 1.807) is 36.5 Å². The van der Waals surface area contributed by atoms with Gasteiger partial charge in [-0.2, -0.15) is 18.3 Å². The lowest BCUT2D eigenvalue weighted by atomic mass is 10.1. The van der Waals surface area contributed by atoms with E-state index in [0.29, 0.717) is 22.4 Å². The zero-order valence-corrected chi connectivity index (χ0v) is 17.7. The highest BCUT2D eigenvalue weighted by Gasteiger charge is 2.38. The summed E-state index contributed by atoms with van der Waals surface area (Å²) in [6.45, 7) is 1.56. The number of ether oxygens (including phenoxy) is 1. The molecule has 0 aliphatic heterocycles. The van der Waals surface area contributed by atoms with Crippen molar-refractivity contribution in [2.45, 2.75) is 13.1 Å². The van der Waals surface area contributed by atoms with Gasteiger partial charge in [-0.1, -0.05) is 23.7 Å². The first-order chi connectivity index (χ1) is 14.6. The van der Waals surface area contributed by atoms with Crippen molar-refractivity contribution in [1.29, 1.82) is 0 Å². The molecule has 0 spiro atoms. The van der Waals surface area contributed by atoms with Crippen molar-refractivity contribution in [2.75, 3.05) is 12.4 Å². The number of nitrogens with zero attached hydrogens (tertiary/aromatic N) is 1. The van der Waals surface area contributed by atoms with Crippen LogP contribution in [0.25, 0.3) is 10.1 Å². The lowest BCUT2D eigenvalue weighted by Gasteiger charge is -2.09. The minimum absolute atomic E-state index is 0.0535. The van der Waals surface area contributed by atoms with Gasteiger partial charge in [-0.15, -0.1) is 11.3 Å². The Morgan fingerprint density at radius 2 is 1.90 bits per heavy atom. The maximum Gasteiger partial charge on any atom is 0.471 e. The van der Waals surface area contributed by atoms with E-state index in [1.165, 1.54) is 36.6 Å². The van der Waals surface area contributed by atoms with Gasteiger partial charge in [0.25, 0.3) is 5.91 Å². The van der Waals surface area contributed by atoms with Crippen LogP contribution in [-0.4, -0.2) is 30.8 Å². The second kappa shape index (κ2) is 8.94. The molecule has 0 saturated carbocycles. The standard InChI is InChI=1S/C20H15ClF3N3O3S/c1-10(11-4-3-5-12(8-11)25-19(29)20(22,23)24)26-27-18(28)17-16(21)14-7-6-13(30-2)9-15(14)31-17/h3-9H,1-2H3,(H,25,29)(H,27,28)/b26-10+. The van der Waals surface area contributed by atoms with E-state index in [4.69, 9.17) is 16.3 Å². The number of methoxy groups -OCH3 is 1. The van der Waals surface area contributed by atoms with Crippen molar-refractivity contribution in [1.82, 2.24) is 5.43 Å². The number of rotatable bonds is 5. The van der Waals surface area contributed by atoms with E-state index < -0.39 is 18.0 Å². The fourth-order valence-electron chi connectivity index (χ4n) is 2.59. The molecule has 1 heterocycles. The maximum atomic E-state index is 12.5. The second-order valence-electron chi connectivity index (χ2n) is 6.28. The van der Waals surface area contributed by atoms with Gasteiger partial charge < -0.3 is 10.1 Å². The van der Waals surface area contributed by atoms with Crippen LogP contribution in [0.1, 0.15) is 22.2 Å². The summed E-state index contributed by atoms with van der Waals surface area (Å²) in [5.41, 5.74) is 3.06. The molecule has 2 amide bonds. The van der Waals surface area contributed by atoms with Crippen LogP contribution in [0.3, 0.4) is 0 Å². The first-order valence-electron chi connectivity index (χ1n) is 8.69. The Hall–Kier alpha value is -3.11. The Labute approximate surface area is 183 Å². The summed E-state index contributed by atoms with van der Waals surface area (Å²) in [6.07, 6.45) is -5.00. The smallest absolute Gasteiger partial charge is 0.471 e. The quantitative estimate of drug-likeness (QED) is 0.397. The van der Waals surface area contributed by atoms with Crippen LogP contribution in [0.2, 0.25) is 5.02 Å². The summed E-state index contributed by atoms with van der Waals surface area (Å²) < 4.78 is 43.2. The van der Waals surface area contributed by atoms with Crippen molar-refractivity contribution in [3.8, 4) is 5.75 Å². The van der Waals surface area contributed by atoms with Gasteiger partial charge in [-0.05, 0) is 42.8 Å². The summed E-state index contributed by atoms with van der Waals surface area (Å²) in [5, 5.41) is 6.74. The van der Waals surface area contributed by atoms with E-state index in [-0.39, 0.29) is 15.6 Å². The third kappa shape index (κ3) is 5.15. The Morgan fingerprint density at radius 1 is 1.16 bits per heavy atom. The van der Waals surface area contributed by atoms with E-state index >= 15 is 0 Å². The largest absolute Gasteiger partial charge is 0.497 e. The zero-order valence-electron chi connectivity index (χ0n) is 16.1. The first-order valence-corrected chi connectivity index (χ1v) is 9.89. The van der Waals surface area contributed by atoms with Gasteiger partial charge in [-0.3, -0.25) is 9.59 Å². The van der Waals surface area contributed by atoms with Gasteiger partial charge in [0.1, 0.15) is 10.6 Å². The zero-order chi connectivity index (χ0) is 22.8. The number of hydrazone groups is 1. The predicted molar refractivity (Wildman–Crippen MR) is 114 cm³/mol. The highest BCUT2D eigenvalue weighted by molar-refractivity contribution is 7.21. The molecule has 0 saturated heterocycles. The molecule has 6 nitrogen and oxygen atoms in total. The van der Waals surface area contributed by atoms with Gasteiger partial charge in [0, 0.05) is 15.8 Å². The van der Waals surface area contributed by atoms with Crippen LogP contribution < -0.4 is 15.5 Å². The molecule has 0 fully saturated rings. The van der Waals surface area contributed by atoms with Crippen LogP contribution in [0.4, 0.5) is 18.9 Å². The van der Waals surface area contributed by atoms with Crippen molar-refractivity contribution in [3.05, 3.63) is 57.9 Å².